The Hall–Kier alpha value is -2.96. The molecule has 0 bridgehead atoms. The molecular formula is C18H19N5O2. The second-order valence-corrected chi connectivity index (χ2v) is 6.15. The molecule has 1 aliphatic heterocycles. The number of benzene rings is 1. The molecule has 7 heteroatoms. The van der Waals surface area contributed by atoms with E-state index in [2.05, 4.69) is 32.2 Å². The fourth-order valence-corrected chi connectivity index (χ4v) is 3.14. The molecule has 2 aromatic heterocycles. The van der Waals surface area contributed by atoms with Gasteiger partial charge in [-0.1, -0.05) is 42.4 Å². The third-order valence-electron chi connectivity index (χ3n) is 4.48. The number of carbonyl (C=O) groups is 1. The second kappa shape index (κ2) is 6.51. The van der Waals surface area contributed by atoms with Gasteiger partial charge < -0.3 is 14.4 Å². The molecule has 0 fully saturated rings. The van der Waals surface area contributed by atoms with Crippen LogP contribution in [0.1, 0.15) is 35.5 Å². The minimum atomic E-state index is -0.217. The van der Waals surface area contributed by atoms with Crippen molar-refractivity contribution in [3.63, 3.8) is 0 Å². The van der Waals surface area contributed by atoms with Crippen molar-refractivity contribution < 1.29 is 9.32 Å². The summed E-state index contributed by atoms with van der Waals surface area (Å²) in [5.41, 5.74) is 1.19. The summed E-state index contributed by atoms with van der Waals surface area (Å²) in [6, 6.07) is 11.3. The van der Waals surface area contributed by atoms with Crippen LogP contribution in [0.5, 0.6) is 0 Å². The summed E-state index contributed by atoms with van der Waals surface area (Å²) in [4.78, 5) is 12.5. The highest BCUT2D eigenvalue weighted by atomic mass is 16.5. The summed E-state index contributed by atoms with van der Waals surface area (Å²) in [6.45, 7) is 2.75. The Morgan fingerprint density at radius 2 is 2.16 bits per heavy atom. The average molecular weight is 337 g/mol. The molecule has 0 spiro atoms. The van der Waals surface area contributed by atoms with Crippen molar-refractivity contribution in [3.8, 4) is 11.3 Å². The Kier molecular flexibility index (Phi) is 4.05. The minimum absolute atomic E-state index is 0.0400. The number of fused-ring (bicyclic) bond motifs is 1. The molecule has 1 aliphatic rings. The zero-order chi connectivity index (χ0) is 17.2. The average Bonchev–Trinajstić information content (AvgIpc) is 3.29. The number of hydrogen-bond acceptors (Lipinski definition) is 5. The van der Waals surface area contributed by atoms with Gasteiger partial charge in [0.1, 0.15) is 11.6 Å². The van der Waals surface area contributed by atoms with Crippen molar-refractivity contribution in [2.75, 3.05) is 0 Å². The Bertz CT molecular complexity index is 871. The fourth-order valence-electron chi connectivity index (χ4n) is 3.14. The Morgan fingerprint density at radius 3 is 2.96 bits per heavy atom. The molecule has 4 rings (SSSR count). The molecule has 3 aromatic rings. The predicted molar refractivity (Wildman–Crippen MR) is 90.9 cm³/mol. The van der Waals surface area contributed by atoms with Crippen LogP contribution in [0.2, 0.25) is 0 Å². The number of aromatic nitrogens is 4. The van der Waals surface area contributed by atoms with Crippen LogP contribution < -0.4 is 5.32 Å². The van der Waals surface area contributed by atoms with E-state index in [9.17, 15) is 4.79 Å². The quantitative estimate of drug-likeness (QED) is 0.789. The highest BCUT2D eigenvalue weighted by Gasteiger charge is 2.25. The molecule has 1 amide bonds. The molecule has 0 radical (unpaired) electrons. The zero-order valence-electron chi connectivity index (χ0n) is 14.0. The van der Waals surface area contributed by atoms with Gasteiger partial charge >= 0.3 is 0 Å². The maximum atomic E-state index is 12.5. The van der Waals surface area contributed by atoms with Crippen LogP contribution in [0.3, 0.4) is 0 Å². The third kappa shape index (κ3) is 3.05. The monoisotopic (exact) mass is 337 g/mol. The van der Waals surface area contributed by atoms with Crippen molar-refractivity contribution >= 4 is 5.91 Å². The first-order chi connectivity index (χ1) is 12.2. The van der Waals surface area contributed by atoms with E-state index in [0.717, 1.165) is 36.5 Å². The number of rotatable bonds is 4. The zero-order valence-corrected chi connectivity index (χ0v) is 14.0. The van der Waals surface area contributed by atoms with Gasteiger partial charge in [0.2, 0.25) is 0 Å². The number of amides is 1. The van der Waals surface area contributed by atoms with Crippen LogP contribution in [0.25, 0.3) is 11.3 Å². The van der Waals surface area contributed by atoms with E-state index in [4.69, 9.17) is 4.52 Å². The molecule has 1 atom stereocenters. The number of nitrogens with one attached hydrogen (secondary N) is 1. The topological polar surface area (TPSA) is 85.8 Å². The maximum absolute atomic E-state index is 12.5. The lowest BCUT2D eigenvalue weighted by molar-refractivity contribution is 0.0918. The van der Waals surface area contributed by atoms with Gasteiger partial charge in [0.25, 0.3) is 5.91 Å². The smallest absolute Gasteiger partial charge is 0.273 e. The van der Waals surface area contributed by atoms with Crippen molar-refractivity contribution in [1.29, 1.82) is 0 Å². The first-order valence-corrected chi connectivity index (χ1v) is 8.48. The number of aryl methyl sites for hydroxylation is 2. The van der Waals surface area contributed by atoms with Crippen molar-refractivity contribution in [1.82, 2.24) is 25.2 Å². The summed E-state index contributed by atoms with van der Waals surface area (Å²) in [6.07, 6.45) is 2.49. The van der Waals surface area contributed by atoms with Crippen molar-refractivity contribution in [3.05, 3.63) is 53.7 Å². The van der Waals surface area contributed by atoms with Gasteiger partial charge in [-0.2, -0.15) is 0 Å². The van der Waals surface area contributed by atoms with E-state index in [0.29, 0.717) is 18.0 Å². The van der Waals surface area contributed by atoms with Gasteiger partial charge in [-0.25, -0.2) is 0 Å². The Balaban J connectivity index is 1.45. The first-order valence-electron chi connectivity index (χ1n) is 8.48. The summed E-state index contributed by atoms with van der Waals surface area (Å²) < 4.78 is 7.41. The molecule has 7 nitrogen and oxygen atoms in total. The predicted octanol–water partition coefficient (Wildman–Crippen LogP) is 2.24. The molecule has 3 heterocycles. The van der Waals surface area contributed by atoms with Crippen LogP contribution in [0.15, 0.2) is 40.9 Å². The van der Waals surface area contributed by atoms with Crippen LogP contribution in [0, 0.1) is 0 Å². The number of hydrogen-bond donors (Lipinski definition) is 1. The molecule has 1 unspecified atom stereocenters. The highest BCUT2D eigenvalue weighted by Crippen LogP contribution is 2.20. The van der Waals surface area contributed by atoms with Crippen LogP contribution in [0.4, 0.5) is 0 Å². The van der Waals surface area contributed by atoms with Crippen molar-refractivity contribution in [2.24, 2.45) is 0 Å². The van der Waals surface area contributed by atoms with Crippen LogP contribution in [-0.2, 0) is 19.4 Å². The second-order valence-electron chi connectivity index (χ2n) is 6.15. The first kappa shape index (κ1) is 15.6. The van der Waals surface area contributed by atoms with E-state index >= 15 is 0 Å². The van der Waals surface area contributed by atoms with E-state index in [-0.39, 0.29) is 11.9 Å². The molecule has 0 saturated carbocycles. The lowest BCUT2D eigenvalue weighted by Crippen LogP contribution is -2.41. The summed E-state index contributed by atoms with van der Waals surface area (Å²) >= 11 is 0. The van der Waals surface area contributed by atoms with Gasteiger partial charge in [-0.3, -0.25) is 4.79 Å². The summed E-state index contributed by atoms with van der Waals surface area (Å²) in [7, 11) is 0. The van der Waals surface area contributed by atoms with E-state index in [1.807, 2.05) is 30.3 Å². The third-order valence-corrected chi connectivity index (χ3v) is 4.48. The molecule has 0 aliphatic carbocycles. The standard InChI is InChI=1S/C18H19N5O2/c1-2-16-20-21-17-9-8-13(11-23(16)17)19-18(24)14-10-15(25-22-14)12-6-4-3-5-7-12/h3-7,10,13H,2,8-9,11H2,1H3,(H,19,24). The molecule has 0 saturated heterocycles. The molecule has 128 valence electrons. The summed E-state index contributed by atoms with van der Waals surface area (Å²) in [5, 5.41) is 15.4. The van der Waals surface area contributed by atoms with Gasteiger partial charge in [-0.15, -0.1) is 10.2 Å². The van der Waals surface area contributed by atoms with Gasteiger partial charge in [-0.05, 0) is 6.42 Å². The molecular weight excluding hydrogens is 318 g/mol. The van der Waals surface area contributed by atoms with E-state index in [1.54, 1.807) is 6.07 Å². The normalized spacial score (nSPS) is 16.4. The van der Waals surface area contributed by atoms with E-state index < -0.39 is 0 Å². The maximum Gasteiger partial charge on any atom is 0.273 e. The van der Waals surface area contributed by atoms with Gasteiger partial charge in [0.05, 0.1) is 0 Å². The number of nitrogens with zero attached hydrogens (tertiary/aromatic N) is 4. The molecule has 1 aromatic carbocycles. The van der Waals surface area contributed by atoms with Crippen LogP contribution >= 0.6 is 0 Å². The number of carbonyl (C=O) groups excluding carboxylic acids is 1. The van der Waals surface area contributed by atoms with E-state index in [1.165, 1.54) is 0 Å². The largest absolute Gasteiger partial charge is 0.355 e. The lowest BCUT2D eigenvalue weighted by atomic mass is 10.1. The Labute approximate surface area is 145 Å². The van der Waals surface area contributed by atoms with Crippen LogP contribution in [-0.4, -0.2) is 31.9 Å². The highest BCUT2D eigenvalue weighted by molar-refractivity contribution is 5.93. The minimum Gasteiger partial charge on any atom is -0.355 e. The lowest BCUT2D eigenvalue weighted by Gasteiger charge is -2.24. The SMILES string of the molecule is CCc1nnc2n1CC(NC(=O)c1cc(-c3ccccc3)on1)CC2. The fraction of sp³-hybridized carbons (Fsp3) is 0.333. The van der Waals surface area contributed by atoms with Gasteiger partial charge in [0, 0.05) is 37.1 Å². The summed E-state index contributed by atoms with van der Waals surface area (Å²) in [5.74, 6) is 2.33. The van der Waals surface area contributed by atoms with Crippen molar-refractivity contribution in [2.45, 2.75) is 38.8 Å². The molecule has 25 heavy (non-hydrogen) atoms. The van der Waals surface area contributed by atoms with Gasteiger partial charge in [0.15, 0.2) is 11.5 Å². The Morgan fingerprint density at radius 1 is 1.32 bits per heavy atom. The molecule has 1 N–H and O–H groups in total.